The first-order chi connectivity index (χ1) is 9.54. The first kappa shape index (κ1) is 14.2. The van der Waals surface area contributed by atoms with Gasteiger partial charge in [-0.2, -0.15) is 5.26 Å². The van der Waals surface area contributed by atoms with Crippen molar-refractivity contribution in [3.63, 3.8) is 0 Å². The van der Waals surface area contributed by atoms with E-state index in [-0.39, 0.29) is 5.56 Å². The van der Waals surface area contributed by atoms with Crippen LogP contribution in [-0.2, 0) is 0 Å². The van der Waals surface area contributed by atoms with E-state index in [1.807, 2.05) is 6.07 Å². The summed E-state index contributed by atoms with van der Waals surface area (Å²) in [6, 6.07) is 12.5. The molecule has 0 aliphatic heterocycles. The molecule has 0 radical (unpaired) electrons. The molecule has 0 aromatic heterocycles. The van der Waals surface area contributed by atoms with Gasteiger partial charge in [0.1, 0.15) is 11.7 Å². The summed E-state index contributed by atoms with van der Waals surface area (Å²) in [5.41, 5.74) is 1.14. The van der Waals surface area contributed by atoms with Gasteiger partial charge in [-0.05, 0) is 36.8 Å². The molecule has 2 nitrogen and oxygen atoms in total. The SMILES string of the molecule is Cc1cc(Cl)ccc1C(=O)C(C#N)c1ccccc1F. The molecule has 0 aliphatic carbocycles. The fourth-order valence-corrected chi connectivity index (χ4v) is 2.26. The monoisotopic (exact) mass is 287 g/mol. The predicted molar refractivity (Wildman–Crippen MR) is 75.3 cm³/mol. The van der Waals surface area contributed by atoms with Gasteiger partial charge in [0.25, 0.3) is 0 Å². The van der Waals surface area contributed by atoms with Crippen LogP contribution in [0.4, 0.5) is 4.39 Å². The molecule has 20 heavy (non-hydrogen) atoms. The Kier molecular flexibility index (Phi) is 4.16. The standard InChI is InChI=1S/C16H11ClFNO/c1-10-8-11(17)6-7-12(10)16(20)14(9-19)13-4-2-3-5-15(13)18/h2-8,14H,1H3. The Morgan fingerprint density at radius 2 is 2.00 bits per heavy atom. The van der Waals surface area contributed by atoms with E-state index in [0.29, 0.717) is 16.1 Å². The van der Waals surface area contributed by atoms with Crippen molar-refractivity contribution >= 4 is 17.4 Å². The van der Waals surface area contributed by atoms with Gasteiger partial charge in [-0.1, -0.05) is 29.8 Å². The van der Waals surface area contributed by atoms with Crippen molar-refractivity contribution in [2.45, 2.75) is 12.8 Å². The first-order valence-corrected chi connectivity index (χ1v) is 6.37. The number of nitrogens with zero attached hydrogens (tertiary/aromatic N) is 1. The number of benzene rings is 2. The molecule has 0 saturated carbocycles. The lowest BCUT2D eigenvalue weighted by atomic mass is 9.89. The highest BCUT2D eigenvalue weighted by atomic mass is 35.5. The predicted octanol–water partition coefficient (Wildman–Crippen LogP) is 4.28. The molecule has 4 heteroatoms. The second-order valence-corrected chi connectivity index (χ2v) is 4.84. The highest BCUT2D eigenvalue weighted by Gasteiger charge is 2.25. The van der Waals surface area contributed by atoms with Gasteiger partial charge in [-0.15, -0.1) is 0 Å². The number of carbonyl (C=O) groups excluding carboxylic acids is 1. The van der Waals surface area contributed by atoms with Gasteiger partial charge in [0, 0.05) is 16.1 Å². The third-order valence-electron chi connectivity index (χ3n) is 3.06. The number of nitriles is 1. The van der Waals surface area contributed by atoms with Gasteiger partial charge in [-0.3, -0.25) is 4.79 Å². The van der Waals surface area contributed by atoms with E-state index in [0.717, 1.165) is 0 Å². The number of ketones is 1. The molecule has 0 spiro atoms. The minimum Gasteiger partial charge on any atom is -0.292 e. The second kappa shape index (κ2) is 5.85. The molecule has 1 atom stereocenters. The van der Waals surface area contributed by atoms with E-state index in [9.17, 15) is 14.4 Å². The van der Waals surface area contributed by atoms with Crippen LogP contribution in [0.5, 0.6) is 0 Å². The molecule has 0 bridgehead atoms. The summed E-state index contributed by atoms with van der Waals surface area (Å²) in [6.07, 6.45) is 0. The molecule has 0 saturated heterocycles. The van der Waals surface area contributed by atoms with Crippen LogP contribution < -0.4 is 0 Å². The molecule has 0 N–H and O–H groups in total. The third-order valence-corrected chi connectivity index (χ3v) is 3.30. The van der Waals surface area contributed by atoms with Crippen molar-refractivity contribution in [1.82, 2.24) is 0 Å². The lowest BCUT2D eigenvalue weighted by Gasteiger charge is -2.11. The fraction of sp³-hybridized carbons (Fsp3) is 0.125. The average molecular weight is 288 g/mol. The maximum atomic E-state index is 13.7. The van der Waals surface area contributed by atoms with Crippen molar-refractivity contribution in [3.05, 3.63) is 70.0 Å². The molecule has 2 aromatic carbocycles. The highest BCUT2D eigenvalue weighted by Crippen LogP contribution is 2.25. The van der Waals surface area contributed by atoms with Crippen molar-refractivity contribution in [3.8, 4) is 6.07 Å². The molecule has 1 unspecified atom stereocenters. The van der Waals surface area contributed by atoms with Crippen molar-refractivity contribution in [2.24, 2.45) is 0 Å². The van der Waals surface area contributed by atoms with Crippen LogP contribution in [0.2, 0.25) is 5.02 Å². The summed E-state index contributed by atoms with van der Waals surface area (Å²) in [4.78, 5) is 12.4. The van der Waals surface area contributed by atoms with Gasteiger partial charge in [-0.25, -0.2) is 4.39 Å². The number of halogens is 2. The fourth-order valence-electron chi connectivity index (χ4n) is 2.04. The summed E-state index contributed by atoms with van der Waals surface area (Å²) in [5.74, 6) is -2.14. The number of carbonyl (C=O) groups is 1. The lowest BCUT2D eigenvalue weighted by molar-refractivity contribution is 0.0977. The first-order valence-electron chi connectivity index (χ1n) is 5.99. The molecular formula is C16H11ClFNO. The molecule has 2 rings (SSSR count). The zero-order valence-corrected chi connectivity index (χ0v) is 11.5. The van der Waals surface area contributed by atoms with E-state index in [4.69, 9.17) is 11.6 Å². The zero-order valence-electron chi connectivity index (χ0n) is 10.7. The Hall–Kier alpha value is -2.18. The van der Waals surface area contributed by atoms with Gasteiger partial charge in [0.15, 0.2) is 5.78 Å². The summed E-state index contributed by atoms with van der Waals surface area (Å²) < 4.78 is 13.7. The minimum atomic E-state index is -1.16. The smallest absolute Gasteiger partial charge is 0.184 e. The third kappa shape index (κ3) is 2.71. The van der Waals surface area contributed by atoms with Gasteiger partial charge in [0.05, 0.1) is 6.07 Å². The van der Waals surface area contributed by atoms with Gasteiger partial charge in [0.2, 0.25) is 0 Å². The summed E-state index contributed by atoms with van der Waals surface area (Å²) in [5, 5.41) is 9.73. The van der Waals surface area contributed by atoms with Gasteiger partial charge >= 0.3 is 0 Å². The number of hydrogen-bond donors (Lipinski definition) is 0. The Balaban J connectivity index is 2.45. The average Bonchev–Trinajstić information content (AvgIpc) is 2.41. The van der Waals surface area contributed by atoms with E-state index >= 15 is 0 Å². The van der Waals surface area contributed by atoms with Crippen LogP contribution in [0.1, 0.15) is 27.4 Å². The van der Waals surface area contributed by atoms with Crippen LogP contribution in [0.15, 0.2) is 42.5 Å². The maximum absolute atomic E-state index is 13.7. The topological polar surface area (TPSA) is 40.9 Å². The zero-order chi connectivity index (χ0) is 14.7. The minimum absolute atomic E-state index is 0.0920. The van der Waals surface area contributed by atoms with Crippen LogP contribution in [0.25, 0.3) is 0 Å². The van der Waals surface area contributed by atoms with E-state index in [1.54, 1.807) is 31.2 Å². The molecule has 0 amide bonds. The van der Waals surface area contributed by atoms with Crippen LogP contribution in [0.3, 0.4) is 0 Å². The highest BCUT2D eigenvalue weighted by molar-refractivity contribution is 6.30. The van der Waals surface area contributed by atoms with Crippen LogP contribution >= 0.6 is 11.6 Å². The maximum Gasteiger partial charge on any atom is 0.184 e. The van der Waals surface area contributed by atoms with Crippen molar-refractivity contribution in [1.29, 1.82) is 5.26 Å². The molecule has 2 aromatic rings. The molecule has 0 fully saturated rings. The van der Waals surface area contributed by atoms with Crippen molar-refractivity contribution < 1.29 is 9.18 Å². The van der Waals surface area contributed by atoms with Gasteiger partial charge < -0.3 is 0 Å². The Bertz CT molecular complexity index is 706. The summed E-state index contributed by atoms with van der Waals surface area (Å²) in [7, 11) is 0. The summed E-state index contributed by atoms with van der Waals surface area (Å²) >= 11 is 5.84. The molecule has 100 valence electrons. The molecule has 0 heterocycles. The largest absolute Gasteiger partial charge is 0.292 e. The van der Waals surface area contributed by atoms with E-state index < -0.39 is 17.5 Å². The van der Waals surface area contributed by atoms with E-state index in [1.165, 1.54) is 18.2 Å². The lowest BCUT2D eigenvalue weighted by Crippen LogP contribution is -2.14. The number of aryl methyl sites for hydroxylation is 1. The quantitative estimate of drug-likeness (QED) is 0.791. The number of Topliss-reactive ketones (excluding diaryl/α,β-unsaturated/α-hetero) is 1. The summed E-state index contributed by atoms with van der Waals surface area (Å²) in [6.45, 7) is 1.73. The van der Waals surface area contributed by atoms with Crippen LogP contribution in [0, 0.1) is 24.1 Å². The molecular weight excluding hydrogens is 277 g/mol. The second-order valence-electron chi connectivity index (χ2n) is 4.41. The Morgan fingerprint density at radius 3 is 2.60 bits per heavy atom. The molecule has 0 aliphatic rings. The Labute approximate surface area is 121 Å². The van der Waals surface area contributed by atoms with Crippen LogP contribution in [-0.4, -0.2) is 5.78 Å². The number of rotatable bonds is 3. The van der Waals surface area contributed by atoms with Crippen molar-refractivity contribution in [2.75, 3.05) is 0 Å². The normalized spacial score (nSPS) is 11.7. The van der Waals surface area contributed by atoms with E-state index in [2.05, 4.69) is 0 Å². The number of hydrogen-bond acceptors (Lipinski definition) is 2. The Morgan fingerprint density at radius 1 is 1.30 bits per heavy atom.